The van der Waals surface area contributed by atoms with Gasteiger partial charge in [0.05, 0.1) is 13.2 Å². The van der Waals surface area contributed by atoms with Crippen LogP contribution in [-0.2, 0) is 4.74 Å². The number of morpholine rings is 1. The molecule has 0 saturated carbocycles. The zero-order valence-corrected chi connectivity index (χ0v) is 13.2. The quantitative estimate of drug-likeness (QED) is 0.765. The Morgan fingerprint density at radius 3 is 2.71 bits per heavy atom. The number of hydrogen-bond donors (Lipinski definition) is 3. The third-order valence-corrected chi connectivity index (χ3v) is 3.63. The fourth-order valence-electron chi connectivity index (χ4n) is 2.39. The molecule has 2 aromatic rings. The standard InChI is InChI=1S/C16H18N4O4/c1-10-3-2-4-11(9-10)14-17-12(13(21)16(23)18-14)15(22)19-20-5-7-24-8-6-20/h2-4,9,21H,5-8H2,1H3,(H,19,22)(H,17,18,23). The van der Waals surface area contributed by atoms with E-state index in [4.69, 9.17) is 4.74 Å². The van der Waals surface area contributed by atoms with Crippen molar-refractivity contribution in [2.75, 3.05) is 26.3 Å². The number of ether oxygens (including phenoxy) is 1. The van der Waals surface area contributed by atoms with Gasteiger partial charge in [0.2, 0.25) is 5.75 Å². The van der Waals surface area contributed by atoms with Gasteiger partial charge in [0.25, 0.3) is 11.8 Å². The van der Waals surface area contributed by atoms with E-state index >= 15 is 0 Å². The second-order valence-corrected chi connectivity index (χ2v) is 5.48. The number of carbonyl (C=O) groups excluding carboxylic acids is 1. The summed E-state index contributed by atoms with van der Waals surface area (Å²) in [5, 5.41) is 21.5. The van der Waals surface area contributed by atoms with Gasteiger partial charge in [-0.25, -0.2) is 9.99 Å². The molecule has 3 rings (SSSR count). The first-order valence-electron chi connectivity index (χ1n) is 7.55. The molecule has 1 aliphatic rings. The van der Waals surface area contributed by atoms with Crippen molar-refractivity contribution in [2.24, 2.45) is 0 Å². The van der Waals surface area contributed by atoms with Crippen LogP contribution < -0.4 is 5.43 Å². The van der Waals surface area contributed by atoms with Gasteiger partial charge in [-0.15, -0.1) is 0 Å². The lowest BCUT2D eigenvalue weighted by atomic mass is 10.1. The van der Waals surface area contributed by atoms with E-state index in [1.165, 1.54) is 0 Å². The number of aryl methyl sites for hydroxylation is 1. The summed E-state index contributed by atoms with van der Waals surface area (Å²) in [6.07, 6.45) is 0. The van der Waals surface area contributed by atoms with Crippen molar-refractivity contribution >= 4 is 5.91 Å². The molecule has 0 bridgehead atoms. The molecular weight excluding hydrogens is 312 g/mol. The van der Waals surface area contributed by atoms with Crippen LogP contribution in [0.25, 0.3) is 11.4 Å². The number of nitrogens with zero attached hydrogens (tertiary/aromatic N) is 3. The molecule has 1 aliphatic heterocycles. The Kier molecular flexibility index (Phi) is 4.59. The smallest absolute Gasteiger partial charge is 0.288 e. The Bertz CT molecular complexity index is 760. The van der Waals surface area contributed by atoms with E-state index in [0.29, 0.717) is 31.9 Å². The predicted molar refractivity (Wildman–Crippen MR) is 85.4 cm³/mol. The highest BCUT2D eigenvalue weighted by Crippen LogP contribution is 2.29. The highest BCUT2D eigenvalue weighted by Gasteiger charge is 2.22. The number of amides is 1. The van der Waals surface area contributed by atoms with Gasteiger partial charge in [-0.3, -0.25) is 10.2 Å². The van der Waals surface area contributed by atoms with Gasteiger partial charge in [-0.2, -0.15) is 4.98 Å². The van der Waals surface area contributed by atoms with Crippen LogP contribution in [-0.4, -0.2) is 57.4 Å². The minimum atomic E-state index is -0.642. The average molecular weight is 330 g/mol. The van der Waals surface area contributed by atoms with Crippen LogP contribution in [0.2, 0.25) is 0 Å². The van der Waals surface area contributed by atoms with Gasteiger partial charge in [0.1, 0.15) is 0 Å². The summed E-state index contributed by atoms with van der Waals surface area (Å²) in [6.45, 7) is 4.00. The molecule has 126 valence electrons. The zero-order valence-electron chi connectivity index (χ0n) is 13.2. The van der Waals surface area contributed by atoms with E-state index in [-0.39, 0.29) is 11.5 Å². The Hall–Kier alpha value is -2.71. The van der Waals surface area contributed by atoms with Crippen molar-refractivity contribution in [3.63, 3.8) is 0 Å². The molecule has 8 nitrogen and oxygen atoms in total. The number of nitrogens with one attached hydrogen (secondary N) is 1. The number of rotatable bonds is 3. The summed E-state index contributed by atoms with van der Waals surface area (Å²) in [7, 11) is 0. The molecule has 1 amide bonds. The summed E-state index contributed by atoms with van der Waals surface area (Å²) in [5.41, 5.74) is 4.01. The summed E-state index contributed by atoms with van der Waals surface area (Å²) < 4.78 is 5.21. The molecule has 2 heterocycles. The van der Waals surface area contributed by atoms with Crippen LogP contribution in [0.15, 0.2) is 24.3 Å². The van der Waals surface area contributed by atoms with Crippen molar-refractivity contribution < 1.29 is 19.7 Å². The lowest BCUT2D eigenvalue weighted by Gasteiger charge is -2.26. The topological polar surface area (TPSA) is 108 Å². The van der Waals surface area contributed by atoms with E-state index in [1.807, 2.05) is 25.1 Å². The van der Waals surface area contributed by atoms with E-state index in [9.17, 15) is 15.0 Å². The molecule has 1 saturated heterocycles. The highest BCUT2D eigenvalue weighted by atomic mass is 16.5. The fraction of sp³-hybridized carbons (Fsp3) is 0.312. The summed E-state index contributed by atoms with van der Waals surface area (Å²) in [6, 6.07) is 7.33. The molecule has 1 aromatic carbocycles. The molecule has 0 atom stereocenters. The van der Waals surface area contributed by atoms with E-state index in [1.54, 1.807) is 11.1 Å². The molecule has 0 radical (unpaired) electrons. The monoisotopic (exact) mass is 330 g/mol. The number of hydrazine groups is 1. The lowest BCUT2D eigenvalue weighted by molar-refractivity contribution is 0.0123. The molecule has 1 aromatic heterocycles. The van der Waals surface area contributed by atoms with Gasteiger partial charge in [-0.05, 0) is 13.0 Å². The Morgan fingerprint density at radius 2 is 2.00 bits per heavy atom. The van der Waals surface area contributed by atoms with Crippen LogP contribution in [0, 0.1) is 6.92 Å². The molecular formula is C16H18N4O4. The van der Waals surface area contributed by atoms with Crippen molar-refractivity contribution in [3.8, 4) is 23.0 Å². The molecule has 24 heavy (non-hydrogen) atoms. The first-order valence-corrected chi connectivity index (χ1v) is 7.55. The molecule has 8 heteroatoms. The Balaban J connectivity index is 1.90. The SMILES string of the molecule is Cc1cccc(-c2nc(O)c(O)c(C(=O)NN3CCOCC3)n2)c1. The van der Waals surface area contributed by atoms with Crippen molar-refractivity contribution in [1.29, 1.82) is 0 Å². The van der Waals surface area contributed by atoms with Crippen LogP contribution >= 0.6 is 0 Å². The van der Waals surface area contributed by atoms with Crippen LogP contribution in [0.3, 0.4) is 0 Å². The summed E-state index contributed by atoms with van der Waals surface area (Å²) >= 11 is 0. The Labute approximate surface area is 138 Å². The number of hydrogen-bond acceptors (Lipinski definition) is 7. The van der Waals surface area contributed by atoms with Crippen molar-refractivity contribution in [1.82, 2.24) is 20.4 Å². The van der Waals surface area contributed by atoms with Gasteiger partial charge >= 0.3 is 0 Å². The summed E-state index contributed by atoms with van der Waals surface area (Å²) in [4.78, 5) is 20.4. The molecule has 3 N–H and O–H groups in total. The van der Waals surface area contributed by atoms with Gasteiger partial charge in [-0.1, -0.05) is 23.8 Å². The van der Waals surface area contributed by atoms with Crippen LogP contribution in [0.5, 0.6) is 11.6 Å². The third kappa shape index (κ3) is 3.44. The normalized spacial score (nSPS) is 15.2. The predicted octanol–water partition coefficient (Wildman–Crippen LogP) is 0.840. The summed E-state index contributed by atoms with van der Waals surface area (Å²) in [5.74, 6) is -1.71. The van der Waals surface area contributed by atoms with Crippen molar-refractivity contribution in [3.05, 3.63) is 35.5 Å². The zero-order chi connectivity index (χ0) is 17.1. The van der Waals surface area contributed by atoms with Gasteiger partial charge in [0.15, 0.2) is 11.5 Å². The minimum absolute atomic E-state index is 0.168. The van der Waals surface area contributed by atoms with Gasteiger partial charge < -0.3 is 14.9 Å². The molecule has 0 aliphatic carbocycles. The first kappa shape index (κ1) is 16.2. The second-order valence-electron chi connectivity index (χ2n) is 5.48. The van der Waals surface area contributed by atoms with Gasteiger partial charge in [0, 0.05) is 18.7 Å². The molecule has 1 fully saturated rings. The lowest BCUT2D eigenvalue weighted by Crippen LogP contribution is -2.48. The maximum atomic E-state index is 12.4. The van der Waals surface area contributed by atoms with E-state index < -0.39 is 17.5 Å². The third-order valence-electron chi connectivity index (χ3n) is 3.63. The first-order chi connectivity index (χ1) is 11.5. The van der Waals surface area contributed by atoms with Crippen LogP contribution in [0.1, 0.15) is 16.1 Å². The number of benzene rings is 1. The van der Waals surface area contributed by atoms with Crippen molar-refractivity contribution in [2.45, 2.75) is 6.92 Å². The fourth-order valence-corrected chi connectivity index (χ4v) is 2.39. The maximum Gasteiger partial charge on any atom is 0.288 e. The number of aromatic hydroxyl groups is 2. The number of aromatic nitrogens is 2. The second kappa shape index (κ2) is 6.81. The highest BCUT2D eigenvalue weighted by molar-refractivity contribution is 5.95. The Morgan fingerprint density at radius 1 is 1.25 bits per heavy atom. The van der Waals surface area contributed by atoms with E-state index in [0.717, 1.165) is 5.56 Å². The molecule has 0 unspecified atom stereocenters. The largest absolute Gasteiger partial charge is 0.501 e. The maximum absolute atomic E-state index is 12.4. The minimum Gasteiger partial charge on any atom is -0.501 e. The number of carbonyl (C=O) groups is 1. The average Bonchev–Trinajstić information content (AvgIpc) is 2.58. The van der Waals surface area contributed by atoms with Crippen LogP contribution in [0.4, 0.5) is 0 Å². The molecule has 0 spiro atoms. The van der Waals surface area contributed by atoms with E-state index in [2.05, 4.69) is 15.4 Å².